The molecule has 0 spiro atoms. The molecule has 0 aromatic heterocycles. The second-order valence-corrected chi connectivity index (χ2v) is 4.48. The Bertz CT molecular complexity index is 361. The Kier molecular flexibility index (Phi) is 2.72. The van der Waals surface area contributed by atoms with Gasteiger partial charge < -0.3 is 5.11 Å². The fraction of sp³-hybridized carbons (Fsp3) is 0.455. The van der Waals surface area contributed by atoms with Crippen LogP contribution < -0.4 is 0 Å². The van der Waals surface area contributed by atoms with E-state index in [4.69, 9.17) is 0 Å². The molecule has 1 nitrogen and oxygen atoms in total. The first-order valence-electron chi connectivity index (χ1n) is 4.53. The molecule has 0 fully saturated rings. The van der Waals surface area contributed by atoms with E-state index in [1.165, 1.54) is 0 Å². The summed E-state index contributed by atoms with van der Waals surface area (Å²) in [6.07, 6.45) is -4.37. The third-order valence-corrected chi connectivity index (χ3v) is 2.13. The highest BCUT2D eigenvalue weighted by Gasteiger charge is 2.32. The summed E-state index contributed by atoms with van der Waals surface area (Å²) in [5.74, 6) is -0.101. The Hall–Kier alpha value is -1.19. The van der Waals surface area contributed by atoms with Crippen LogP contribution in [0.3, 0.4) is 0 Å². The van der Waals surface area contributed by atoms with Gasteiger partial charge in [0, 0.05) is 0 Å². The van der Waals surface area contributed by atoms with Crippen molar-refractivity contribution in [2.75, 3.05) is 0 Å². The summed E-state index contributed by atoms with van der Waals surface area (Å²) in [6.45, 7) is 5.26. The highest BCUT2D eigenvalue weighted by molar-refractivity contribution is 5.41. The summed E-state index contributed by atoms with van der Waals surface area (Å²) in [6, 6.07) is 2.96. The summed E-state index contributed by atoms with van der Waals surface area (Å²) in [7, 11) is 0. The summed E-state index contributed by atoms with van der Waals surface area (Å²) in [5, 5.41) is 9.47. The smallest absolute Gasteiger partial charge is 0.416 e. The summed E-state index contributed by atoms with van der Waals surface area (Å²) < 4.78 is 37.2. The first-order chi connectivity index (χ1) is 6.62. The Morgan fingerprint density at radius 2 is 1.60 bits per heavy atom. The molecule has 0 radical (unpaired) electrons. The van der Waals surface area contributed by atoms with Crippen molar-refractivity contribution in [2.45, 2.75) is 32.4 Å². The number of benzene rings is 1. The Morgan fingerprint density at radius 1 is 1.07 bits per heavy atom. The highest BCUT2D eigenvalue weighted by atomic mass is 19.4. The molecule has 4 heteroatoms. The van der Waals surface area contributed by atoms with Crippen LogP contribution in [0.5, 0.6) is 5.75 Å². The number of hydrogen-bond donors (Lipinski definition) is 1. The number of phenolic OH excluding ortho intramolecular Hbond substituents is 1. The van der Waals surface area contributed by atoms with Gasteiger partial charge in [0.2, 0.25) is 0 Å². The van der Waals surface area contributed by atoms with E-state index in [1.54, 1.807) is 20.8 Å². The highest BCUT2D eigenvalue weighted by Crippen LogP contribution is 2.36. The van der Waals surface area contributed by atoms with Gasteiger partial charge in [0.25, 0.3) is 0 Å². The maximum absolute atomic E-state index is 12.4. The normalized spacial score (nSPS) is 12.9. The molecule has 0 amide bonds. The SMILES string of the molecule is CC(C)(C)c1cc(C(F)(F)F)ccc1O. The van der Waals surface area contributed by atoms with E-state index in [-0.39, 0.29) is 5.75 Å². The maximum Gasteiger partial charge on any atom is 0.416 e. The molecular formula is C11H13F3O. The Balaban J connectivity index is 3.30. The van der Waals surface area contributed by atoms with Gasteiger partial charge in [-0.25, -0.2) is 0 Å². The first kappa shape index (κ1) is 11.9. The lowest BCUT2D eigenvalue weighted by Crippen LogP contribution is -2.14. The zero-order valence-electron chi connectivity index (χ0n) is 8.81. The lowest BCUT2D eigenvalue weighted by molar-refractivity contribution is -0.137. The van der Waals surface area contributed by atoms with E-state index < -0.39 is 17.2 Å². The lowest BCUT2D eigenvalue weighted by Gasteiger charge is -2.21. The molecule has 0 unspecified atom stereocenters. The van der Waals surface area contributed by atoms with Crippen LogP contribution in [0.1, 0.15) is 31.9 Å². The summed E-state index contributed by atoms with van der Waals surface area (Å²) >= 11 is 0. The van der Waals surface area contributed by atoms with Crippen LogP contribution in [0.2, 0.25) is 0 Å². The summed E-state index contributed by atoms with van der Waals surface area (Å²) in [5.41, 5.74) is -0.937. The number of aromatic hydroxyl groups is 1. The topological polar surface area (TPSA) is 20.2 Å². The Labute approximate surface area is 86.5 Å². The minimum absolute atomic E-state index is 0.101. The lowest BCUT2D eigenvalue weighted by atomic mass is 9.85. The monoisotopic (exact) mass is 218 g/mol. The minimum atomic E-state index is -4.37. The van der Waals surface area contributed by atoms with Crippen molar-refractivity contribution >= 4 is 0 Å². The fourth-order valence-electron chi connectivity index (χ4n) is 1.31. The van der Waals surface area contributed by atoms with Gasteiger partial charge in [-0.05, 0) is 29.2 Å². The number of phenols is 1. The quantitative estimate of drug-likeness (QED) is 0.703. The van der Waals surface area contributed by atoms with Crippen LogP contribution in [0.15, 0.2) is 18.2 Å². The molecule has 0 aliphatic heterocycles. The average molecular weight is 218 g/mol. The average Bonchev–Trinajstić information content (AvgIpc) is 2.00. The van der Waals surface area contributed by atoms with Crippen LogP contribution >= 0.6 is 0 Å². The maximum atomic E-state index is 12.4. The van der Waals surface area contributed by atoms with Gasteiger partial charge in [-0.1, -0.05) is 20.8 Å². The number of rotatable bonds is 0. The van der Waals surface area contributed by atoms with Gasteiger partial charge >= 0.3 is 6.18 Å². The largest absolute Gasteiger partial charge is 0.508 e. The number of hydrogen-bond acceptors (Lipinski definition) is 1. The van der Waals surface area contributed by atoms with Gasteiger partial charge in [0.05, 0.1) is 5.56 Å². The first-order valence-corrected chi connectivity index (χ1v) is 4.53. The van der Waals surface area contributed by atoms with E-state index >= 15 is 0 Å². The van der Waals surface area contributed by atoms with Gasteiger partial charge in [-0.3, -0.25) is 0 Å². The molecule has 0 aliphatic rings. The van der Waals surface area contributed by atoms with Gasteiger partial charge in [-0.2, -0.15) is 13.2 Å². The zero-order chi connectivity index (χ0) is 11.9. The third-order valence-electron chi connectivity index (χ3n) is 2.13. The predicted molar refractivity (Wildman–Crippen MR) is 51.8 cm³/mol. The Morgan fingerprint density at radius 3 is 2.00 bits per heavy atom. The second kappa shape index (κ2) is 3.43. The molecule has 0 saturated carbocycles. The van der Waals surface area contributed by atoms with E-state index in [0.717, 1.165) is 18.2 Å². The van der Waals surface area contributed by atoms with Crippen molar-refractivity contribution in [1.29, 1.82) is 0 Å². The zero-order valence-corrected chi connectivity index (χ0v) is 8.81. The van der Waals surface area contributed by atoms with E-state index in [1.807, 2.05) is 0 Å². The standard InChI is InChI=1S/C11H13F3O/c1-10(2,3)8-6-7(11(12,13)14)4-5-9(8)15/h4-6,15H,1-3H3. The number of alkyl halides is 3. The summed E-state index contributed by atoms with van der Waals surface area (Å²) in [4.78, 5) is 0. The van der Waals surface area contributed by atoms with E-state index in [9.17, 15) is 18.3 Å². The molecule has 1 aromatic rings. The molecular weight excluding hydrogens is 205 g/mol. The van der Waals surface area contributed by atoms with Crippen molar-refractivity contribution in [1.82, 2.24) is 0 Å². The van der Waals surface area contributed by atoms with Crippen molar-refractivity contribution < 1.29 is 18.3 Å². The molecule has 0 aliphatic carbocycles. The van der Waals surface area contributed by atoms with Gasteiger partial charge in [0.15, 0.2) is 0 Å². The fourth-order valence-corrected chi connectivity index (χ4v) is 1.31. The number of halogens is 3. The molecule has 0 heterocycles. The van der Waals surface area contributed by atoms with Gasteiger partial charge in [0.1, 0.15) is 5.75 Å². The van der Waals surface area contributed by atoms with E-state index in [0.29, 0.717) is 5.56 Å². The second-order valence-electron chi connectivity index (χ2n) is 4.48. The molecule has 1 aromatic carbocycles. The van der Waals surface area contributed by atoms with Crippen molar-refractivity contribution in [3.05, 3.63) is 29.3 Å². The molecule has 0 bridgehead atoms. The predicted octanol–water partition coefficient (Wildman–Crippen LogP) is 3.71. The van der Waals surface area contributed by atoms with Crippen LogP contribution in [0.25, 0.3) is 0 Å². The molecule has 1 rings (SSSR count). The minimum Gasteiger partial charge on any atom is -0.508 e. The van der Waals surface area contributed by atoms with Crippen LogP contribution in [-0.2, 0) is 11.6 Å². The van der Waals surface area contributed by atoms with Crippen LogP contribution in [-0.4, -0.2) is 5.11 Å². The van der Waals surface area contributed by atoms with Gasteiger partial charge in [-0.15, -0.1) is 0 Å². The van der Waals surface area contributed by atoms with E-state index in [2.05, 4.69) is 0 Å². The van der Waals surface area contributed by atoms with Crippen LogP contribution in [0, 0.1) is 0 Å². The third kappa shape index (κ3) is 2.64. The van der Waals surface area contributed by atoms with Crippen molar-refractivity contribution in [3.8, 4) is 5.75 Å². The van der Waals surface area contributed by atoms with Crippen LogP contribution in [0.4, 0.5) is 13.2 Å². The van der Waals surface area contributed by atoms with Crippen molar-refractivity contribution in [2.24, 2.45) is 0 Å². The molecule has 84 valence electrons. The molecule has 1 N–H and O–H groups in total. The molecule has 0 atom stereocenters. The molecule has 0 saturated heterocycles. The molecule has 15 heavy (non-hydrogen) atoms. The van der Waals surface area contributed by atoms with Crippen molar-refractivity contribution in [3.63, 3.8) is 0 Å².